The van der Waals surface area contributed by atoms with E-state index in [0.717, 1.165) is 0 Å². The Morgan fingerprint density at radius 3 is 2.63 bits per heavy atom. The summed E-state index contributed by atoms with van der Waals surface area (Å²) in [7, 11) is -1.45. The van der Waals surface area contributed by atoms with Crippen molar-refractivity contribution < 1.29 is 22.3 Å². The molecule has 0 saturated heterocycles. The summed E-state index contributed by atoms with van der Waals surface area (Å²) in [6.45, 7) is 3.33. The molecule has 0 aliphatic carbocycles. The molecule has 2 aromatic carbocycles. The first kappa shape index (κ1) is 26.7. The van der Waals surface area contributed by atoms with E-state index in [0.29, 0.717) is 22.0 Å². The van der Waals surface area contributed by atoms with Gasteiger partial charge in [-0.05, 0) is 42.3 Å². The van der Waals surface area contributed by atoms with Gasteiger partial charge >= 0.3 is 0 Å². The number of nitrogens with one attached hydrogen (secondary N) is 2. The monoisotopic (exact) mass is 539 g/mol. The third-order valence-corrected chi connectivity index (χ3v) is 7.44. The van der Waals surface area contributed by atoms with Crippen LogP contribution >= 0.6 is 0 Å². The maximum atomic E-state index is 14.6. The lowest BCUT2D eigenvalue weighted by atomic mass is 10.0. The van der Waals surface area contributed by atoms with Gasteiger partial charge in [0.1, 0.15) is 16.4 Å². The van der Waals surface area contributed by atoms with E-state index in [1.807, 2.05) is 0 Å². The Balaban J connectivity index is 1.74. The predicted octanol–water partition coefficient (Wildman–Crippen LogP) is 3.10. The van der Waals surface area contributed by atoms with E-state index in [2.05, 4.69) is 20.0 Å². The zero-order chi connectivity index (χ0) is 27.6. The van der Waals surface area contributed by atoms with E-state index in [4.69, 9.17) is 4.74 Å². The molecule has 0 saturated carbocycles. The van der Waals surface area contributed by atoms with Gasteiger partial charge in [0.2, 0.25) is 11.8 Å². The molecule has 12 heteroatoms. The van der Waals surface area contributed by atoms with E-state index < -0.39 is 26.7 Å². The van der Waals surface area contributed by atoms with Crippen molar-refractivity contribution in [1.82, 2.24) is 19.9 Å². The van der Waals surface area contributed by atoms with Crippen molar-refractivity contribution in [3.63, 3.8) is 0 Å². The first-order chi connectivity index (χ1) is 18.1. The van der Waals surface area contributed by atoms with Crippen LogP contribution in [-0.2, 0) is 21.4 Å². The number of aryl methyl sites for hydroxylation is 1. The first-order valence-electron chi connectivity index (χ1n) is 11.6. The second kappa shape index (κ2) is 10.6. The lowest BCUT2D eigenvalue weighted by Gasteiger charge is -2.14. The summed E-state index contributed by atoms with van der Waals surface area (Å²) >= 11 is 0. The number of benzene rings is 2. The molecule has 38 heavy (non-hydrogen) atoms. The number of aromatic nitrogens is 3. The zero-order valence-electron chi connectivity index (χ0n) is 21.1. The lowest BCUT2D eigenvalue weighted by molar-refractivity contribution is -0.124. The van der Waals surface area contributed by atoms with Gasteiger partial charge in [0.25, 0.3) is 15.6 Å². The Bertz CT molecular complexity index is 1700. The van der Waals surface area contributed by atoms with Gasteiger partial charge in [-0.3, -0.25) is 18.9 Å². The van der Waals surface area contributed by atoms with E-state index >= 15 is 0 Å². The molecular formula is C26H26FN5O5S. The molecule has 4 rings (SSSR count). The summed E-state index contributed by atoms with van der Waals surface area (Å²) in [5, 5.41) is 2.87. The van der Waals surface area contributed by atoms with Gasteiger partial charge in [-0.2, -0.15) is 0 Å². The normalized spacial score (nSPS) is 12.2. The number of fused-ring (bicyclic) bond motifs is 1. The molecule has 2 N–H and O–H groups in total. The number of rotatable bonds is 8. The quantitative estimate of drug-likeness (QED) is 0.352. The summed E-state index contributed by atoms with van der Waals surface area (Å²) in [5.41, 5.74) is 1.35. The fourth-order valence-corrected chi connectivity index (χ4v) is 5.17. The minimum Gasteiger partial charge on any atom is -0.480 e. The van der Waals surface area contributed by atoms with Crippen molar-refractivity contribution in [2.24, 2.45) is 5.92 Å². The molecule has 1 atom stereocenters. The maximum Gasteiger partial charge on any atom is 0.265 e. The van der Waals surface area contributed by atoms with Crippen molar-refractivity contribution in [1.29, 1.82) is 0 Å². The number of ether oxygens (including phenoxy) is 1. The summed E-state index contributed by atoms with van der Waals surface area (Å²) < 4.78 is 49.5. The molecule has 1 amide bonds. The minimum absolute atomic E-state index is 0.00555. The number of methoxy groups -OCH3 is 1. The predicted molar refractivity (Wildman–Crippen MR) is 141 cm³/mol. The Morgan fingerprint density at radius 2 is 1.92 bits per heavy atom. The van der Waals surface area contributed by atoms with Crippen molar-refractivity contribution >= 4 is 32.5 Å². The van der Waals surface area contributed by atoms with Gasteiger partial charge in [-0.15, -0.1) is 0 Å². The lowest BCUT2D eigenvalue weighted by Crippen LogP contribution is -2.32. The van der Waals surface area contributed by atoms with Gasteiger partial charge in [-0.25, -0.2) is 22.8 Å². The van der Waals surface area contributed by atoms with Gasteiger partial charge in [0.15, 0.2) is 0 Å². The first-order valence-corrected chi connectivity index (χ1v) is 13.1. The maximum absolute atomic E-state index is 14.6. The summed E-state index contributed by atoms with van der Waals surface area (Å²) in [6.07, 6.45) is 2.86. The Kier molecular flexibility index (Phi) is 7.44. The highest BCUT2D eigenvalue weighted by Gasteiger charge is 2.23. The third-order valence-electron chi connectivity index (χ3n) is 6.06. The van der Waals surface area contributed by atoms with Crippen LogP contribution in [0.3, 0.4) is 0 Å². The minimum atomic E-state index is -4.31. The number of amides is 1. The van der Waals surface area contributed by atoms with Crippen LogP contribution < -0.4 is 20.3 Å². The van der Waals surface area contributed by atoms with Crippen LogP contribution in [0.15, 0.2) is 64.7 Å². The fraction of sp³-hybridized carbons (Fsp3) is 0.231. The number of nitrogens with zero attached hydrogens (tertiary/aromatic N) is 3. The highest BCUT2D eigenvalue weighted by Crippen LogP contribution is 2.31. The number of hydrogen-bond acceptors (Lipinski definition) is 7. The molecule has 2 aromatic heterocycles. The molecule has 0 spiro atoms. The van der Waals surface area contributed by atoms with Gasteiger partial charge in [-0.1, -0.05) is 25.1 Å². The standard InChI is InChI=1S/C26H26FN5O5S/c1-15-6-5-7-22(23(15)27)38(35,36)31-21-11-18(12-29-25(21)37-4)17-8-9-20-19(10-17)26(34)32(14-30-20)13-16(2)24(33)28-3/h5-12,14,16,31H,13H2,1-4H3,(H,28,33)/t16-/m0/s1. The van der Waals surface area contributed by atoms with E-state index in [-0.39, 0.29) is 35.1 Å². The van der Waals surface area contributed by atoms with Crippen molar-refractivity contribution in [2.75, 3.05) is 18.9 Å². The van der Waals surface area contributed by atoms with Crippen LogP contribution in [0.2, 0.25) is 0 Å². The van der Waals surface area contributed by atoms with Crippen LogP contribution in [0.25, 0.3) is 22.0 Å². The van der Waals surface area contributed by atoms with Gasteiger partial charge < -0.3 is 10.1 Å². The topological polar surface area (TPSA) is 132 Å². The number of carbonyl (C=O) groups excluding carboxylic acids is 1. The van der Waals surface area contributed by atoms with Crippen LogP contribution in [0.5, 0.6) is 5.88 Å². The number of anilines is 1. The molecule has 0 aliphatic heterocycles. The second-order valence-corrected chi connectivity index (χ2v) is 10.4. The smallest absolute Gasteiger partial charge is 0.265 e. The third kappa shape index (κ3) is 5.21. The SMILES string of the molecule is CNC(=O)[C@@H](C)Cn1cnc2ccc(-c3cnc(OC)c(NS(=O)(=O)c4cccc(C)c4F)c3)cc2c1=O. The van der Waals surface area contributed by atoms with Crippen molar-refractivity contribution in [3.8, 4) is 17.0 Å². The van der Waals surface area contributed by atoms with Crippen LogP contribution in [0.4, 0.5) is 10.1 Å². The molecule has 0 radical (unpaired) electrons. The number of hydrogen-bond donors (Lipinski definition) is 2. The molecule has 4 aromatic rings. The van der Waals surface area contributed by atoms with Gasteiger partial charge in [0, 0.05) is 25.4 Å². The highest BCUT2D eigenvalue weighted by molar-refractivity contribution is 7.92. The molecule has 0 aliphatic rings. The Labute approximate surface area is 218 Å². The molecule has 0 bridgehead atoms. The average molecular weight is 540 g/mol. The summed E-state index contributed by atoms with van der Waals surface area (Å²) in [6, 6.07) is 10.6. The molecule has 0 fully saturated rings. The Hall–Kier alpha value is -4.32. The number of halogens is 1. The molecule has 0 unspecified atom stereocenters. The van der Waals surface area contributed by atoms with Crippen LogP contribution in [-0.4, -0.2) is 43.0 Å². The number of pyridine rings is 1. The average Bonchev–Trinajstić information content (AvgIpc) is 2.90. The van der Waals surface area contributed by atoms with Crippen molar-refractivity contribution in [2.45, 2.75) is 25.3 Å². The molecule has 10 nitrogen and oxygen atoms in total. The van der Waals surface area contributed by atoms with Gasteiger partial charge in [0.05, 0.1) is 30.3 Å². The van der Waals surface area contributed by atoms with E-state index in [1.54, 1.807) is 25.1 Å². The largest absolute Gasteiger partial charge is 0.480 e. The highest BCUT2D eigenvalue weighted by atomic mass is 32.2. The summed E-state index contributed by atoms with van der Waals surface area (Å²) in [5.74, 6) is -1.51. The van der Waals surface area contributed by atoms with Crippen LogP contribution in [0.1, 0.15) is 12.5 Å². The molecule has 2 heterocycles. The fourth-order valence-electron chi connectivity index (χ4n) is 3.97. The Morgan fingerprint density at radius 1 is 1.16 bits per heavy atom. The number of carbonyl (C=O) groups is 1. The van der Waals surface area contributed by atoms with E-state index in [9.17, 15) is 22.4 Å². The second-order valence-electron chi connectivity index (χ2n) is 8.72. The van der Waals surface area contributed by atoms with Crippen LogP contribution in [0, 0.1) is 18.7 Å². The van der Waals surface area contributed by atoms with Crippen molar-refractivity contribution in [3.05, 3.63) is 76.7 Å². The van der Waals surface area contributed by atoms with E-state index in [1.165, 1.54) is 62.4 Å². The molecular weight excluding hydrogens is 513 g/mol. The summed E-state index contributed by atoms with van der Waals surface area (Å²) in [4.78, 5) is 33.1. The zero-order valence-corrected chi connectivity index (χ0v) is 22.0. The number of sulfonamides is 1. The molecule has 198 valence electrons.